The van der Waals surface area contributed by atoms with Gasteiger partial charge in [0, 0.05) is 19.0 Å². The summed E-state index contributed by atoms with van der Waals surface area (Å²) in [6.07, 6.45) is 0.969. The van der Waals surface area contributed by atoms with E-state index in [0.717, 1.165) is 25.3 Å². The van der Waals surface area contributed by atoms with Crippen LogP contribution in [0.5, 0.6) is 5.75 Å². The van der Waals surface area contributed by atoms with Gasteiger partial charge < -0.3 is 9.64 Å². The second kappa shape index (κ2) is 7.00. The Kier molecular flexibility index (Phi) is 5.96. The summed E-state index contributed by atoms with van der Waals surface area (Å²) in [4.78, 5) is 2.20. The minimum absolute atomic E-state index is 0.667. The quantitative estimate of drug-likeness (QED) is 0.730. The molecule has 0 amide bonds. The van der Waals surface area contributed by atoms with Crippen molar-refractivity contribution in [1.29, 1.82) is 0 Å². The summed E-state index contributed by atoms with van der Waals surface area (Å²) in [5.41, 5.74) is 1.22. The minimum Gasteiger partial charge on any atom is -0.495 e. The van der Waals surface area contributed by atoms with Crippen molar-refractivity contribution >= 4 is 23.2 Å². The number of alkyl halides is 1. The van der Waals surface area contributed by atoms with Crippen LogP contribution in [0.15, 0.2) is 18.2 Å². The highest BCUT2D eigenvalue weighted by Gasteiger charge is 2.03. The molecule has 0 unspecified atom stereocenters. The number of methoxy groups -OCH3 is 1. The third-order valence-electron chi connectivity index (χ3n) is 2.46. The number of ether oxygens (including phenoxy) is 1. The van der Waals surface area contributed by atoms with E-state index in [-0.39, 0.29) is 0 Å². The monoisotopic (exact) mass is 261 g/mol. The van der Waals surface area contributed by atoms with Crippen molar-refractivity contribution in [3.63, 3.8) is 0 Å². The predicted octanol–water partition coefficient (Wildman–Crippen LogP) is 3.06. The molecule has 0 aromatic heterocycles. The molecular weight excluding hydrogens is 245 g/mol. The molecule has 1 rings (SSSR count). The molecule has 90 valence electrons. The van der Waals surface area contributed by atoms with Crippen LogP contribution in [0.25, 0.3) is 0 Å². The molecule has 1 aromatic carbocycles. The zero-order chi connectivity index (χ0) is 12.0. The lowest BCUT2D eigenvalue weighted by Gasteiger charge is -2.14. The molecule has 2 nitrogen and oxygen atoms in total. The van der Waals surface area contributed by atoms with Crippen LogP contribution in [0, 0.1) is 0 Å². The van der Waals surface area contributed by atoms with Gasteiger partial charge in [-0.2, -0.15) is 0 Å². The normalized spacial score (nSPS) is 10.8. The molecule has 0 saturated heterocycles. The van der Waals surface area contributed by atoms with Gasteiger partial charge in [0.1, 0.15) is 5.75 Å². The Bertz CT molecular complexity index is 331. The summed E-state index contributed by atoms with van der Waals surface area (Å²) in [5, 5.41) is 0.667. The fourth-order valence-corrected chi connectivity index (χ4v) is 2.01. The molecule has 0 aliphatic heterocycles. The van der Waals surface area contributed by atoms with E-state index < -0.39 is 0 Å². The average molecular weight is 262 g/mol. The number of hydrogen-bond acceptors (Lipinski definition) is 2. The van der Waals surface area contributed by atoms with Crippen molar-refractivity contribution in [2.45, 2.75) is 6.42 Å². The van der Waals surface area contributed by atoms with E-state index in [4.69, 9.17) is 27.9 Å². The van der Waals surface area contributed by atoms with Crippen molar-refractivity contribution in [3.05, 3.63) is 28.8 Å². The van der Waals surface area contributed by atoms with E-state index >= 15 is 0 Å². The number of benzene rings is 1. The smallest absolute Gasteiger partial charge is 0.137 e. The lowest BCUT2D eigenvalue weighted by molar-refractivity contribution is 0.359. The molecule has 4 heteroatoms. The van der Waals surface area contributed by atoms with Gasteiger partial charge in [0.25, 0.3) is 0 Å². The molecule has 0 saturated carbocycles. The van der Waals surface area contributed by atoms with Crippen molar-refractivity contribution in [2.24, 2.45) is 0 Å². The molecule has 0 atom stereocenters. The van der Waals surface area contributed by atoms with Gasteiger partial charge in [-0.15, -0.1) is 11.6 Å². The first-order chi connectivity index (χ1) is 7.67. The van der Waals surface area contributed by atoms with Crippen molar-refractivity contribution in [2.75, 3.05) is 33.1 Å². The van der Waals surface area contributed by atoms with Gasteiger partial charge in [-0.25, -0.2) is 0 Å². The van der Waals surface area contributed by atoms with E-state index in [1.165, 1.54) is 5.56 Å². The number of halogens is 2. The van der Waals surface area contributed by atoms with Crippen LogP contribution in [0.2, 0.25) is 5.02 Å². The molecular formula is C12H17Cl2NO. The van der Waals surface area contributed by atoms with E-state index in [0.29, 0.717) is 10.9 Å². The maximum Gasteiger partial charge on any atom is 0.137 e. The topological polar surface area (TPSA) is 12.5 Å². The number of hydrogen-bond donors (Lipinski definition) is 0. The lowest BCUT2D eigenvalue weighted by Crippen LogP contribution is -2.23. The van der Waals surface area contributed by atoms with Crippen LogP contribution >= 0.6 is 23.2 Å². The molecule has 0 radical (unpaired) electrons. The first-order valence-corrected chi connectivity index (χ1v) is 6.15. The van der Waals surface area contributed by atoms with Crippen molar-refractivity contribution in [3.8, 4) is 5.75 Å². The summed E-state index contributed by atoms with van der Waals surface area (Å²) >= 11 is 11.7. The zero-order valence-electron chi connectivity index (χ0n) is 9.67. The number of nitrogens with zero attached hydrogens (tertiary/aromatic N) is 1. The highest BCUT2D eigenvalue weighted by molar-refractivity contribution is 6.32. The second-order valence-corrected chi connectivity index (χ2v) is 4.50. The fourth-order valence-electron chi connectivity index (χ4n) is 1.44. The summed E-state index contributed by atoms with van der Waals surface area (Å²) in [6.45, 7) is 1.89. The first kappa shape index (κ1) is 13.6. The van der Waals surface area contributed by atoms with Crippen LogP contribution in [0.3, 0.4) is 0 Å². The largest absolute Gasteiger partial charge is 0.495 e. The second-order valence-electron chi connectivity index (χ2n) is 3.71. The highest BCUT2D eigenvalue weighted by atomic mass is 35.5. The minimum atomic E-state index is 0.667. The Hall–Kier alpha value is -0.440. The van der Waals surface area contributed by atoms with Crippen LogP contribution in [-0.2, 0) is 6.42 Å². The standard InChI is InChI=1S/C12H17Cl2NO/c1-15(8-6-13)7-5-10-3-4-12(16-2)11(14)9-10/h3-4,9H,5-8H2,1-2H3. The van der Waals surface area contributed by atoms with E-state index in [1.807, 2.05) is 18.2 Å². The van der Waals surface area contributed by atoms with Gasteiger partial charge in [0.05, 0.1) is 12.1 Å². The zero-order valence-corrected chi connectivity index (χ0v) is 11.2. The Morgan fingerprint density at radius 3 is 2.62 bits per heavy atom. The molecule has 0 aliphatic rings. The Morgan fingerprint density at radius 1 is 1.31 bits per heavy atom. The van der Waals surface area contributed by atoms with Crippen molar-refractivity contribution < 1.29 is 4.74 Å². The van der Waals surface area contributed by atoms with Crippen LogP contribution in [0.1, 0.15) is 5.56 Å². The van der Waals surface area contributed by atoms with E-state index in [2.05, 4.69) is 11.9 Å². The molecule has 0 N–H and O–H groups in total. The van der Waals surface area contributed by atoms with Gasteiger partial charge in [0.2, 0.25) is 0 Å². The fraction of sp³-hybridized carbons (Fsp3) is 0.500. The number of rotatable bonds is 6. The van der Waals surface area contributed by atoms with Gasteiger partial charge >= 0.3 is 0 Å². The third kappa shape index (κ3) is 4.20. The molecule has 1 aromatic rings. The van der Waals surface area contributed by atoms with Gasteiger partial charge in [0.15, 0.2) is 0 Å². The molecule has 16 heavy (non-hydrogen) atoms. The first-order valence-electron chi connectivity index (χ1n) is 5.24. The van der Waals surface area contributed by atoms with Crippen LogP contribution < -0.4 is 4.74 Å². The number of likely N-dealkylation sites (N-methyl/N-ethyl adjacent to an activating group) is 1. The Balaban J connectivity index is 2.51. The van der Waals surface area contributed by atoms with E-state index in [1.54, 1.807) is 7.11 Å². The van der Waals surface area contributed by atoms with Crippen LogP contribution in [-0.4, -0.2) is 38.0 Å². The molecule has 0 spiro atoms. The Labute approximate surface area is 107 Å². The molecule has 0 aliphatic carbocycles. The molecule has 0 heterocycles. The highest BCUT2D eigenvalue weighted by Crippen LogP contribution is 2.25. The molecule has 0 bridgehead atoms. The maximum absolute atomic E-state index is 6.05. The van der Waals surface area contributed by atoms with Crippen LogP contribution in [0.4, 0.5) is 0 Å². The lowest BCUT2D eigenvalue weighted by atomic mass is 10.1. The third-order valence-corrected chi connectivity index (χ3v) is 2.93. The Morgan fingerprint density at radius 2 is 2.06 bits per heavy atom. The summed E-state index contributed by atoms with van der Waals surface area (Å²) in [7, 11) is 3.68. The SMILES string of the molecule is COc1ccc(CCN(C)CCCl)cc1Cl. The molecule has 0 fully saturated rings. The van der Waals surface area contributed by atoms with Crippen molar-refractivity contribution in [1.82, 2.24) is 4.90 Å². The van der Waals surface area contributed by atoms with Gasteiger partial charge in [-0.1, -0.05) is 17.7 Å². The summed E-state index contributed by atoms with van der Waals surface area (Å²) in [6, 6.07) is 5.90. The maximum atomic E-state index is 6.05. The van der Waals surface area contributed by atoms with E-state index in [9.17, 15) is 0 Å². The predicted molar refractivity (Wildman–Crippen MR) is 69.9 cm³/mol. The average Bonchev–Trinajstić information content (AvgIpc) is 2.27. The summed E-state index contributed by atoms with van der Waals surface area (Å²) < 4.78 is 5.10. The van der Waals surface area contributed by atoms with Gasteiger partial charge in [-0.05, 0) is 31.2 Å². The summed E-state index contributed by atoms with van der Waals surface area (Å²) in [5.74, 6) is 1.39. The van der Waals surface area contributed by atoms with Gasteiger partial charge in [-0.3, -0.25) is 0 Å².